The van der Waals surface area contributed by atoms with Gasteiger partial charge in [0, 0.05) is 49.0 Å². The molecule has 0 bridgehead atoms. The van der Waals surface area contributed by atoms with E-state index < -0.39 is 95.0 Å². The fourth-order valence-electron chi connectivity index (χ4n) is 7.68. The fourth-order valence-corrected chi connectivity index (χ4v) is 7.68. The first-order valence-electron chi connectivity index (χ1n) is 19.4. The summed E-state index contributed by atoms with van der Waals surface area (Å²) >= 11 is 0. The topological polar surface area (TPSA) is 329 Å². The van der Waals surface area contributed by atoms with E-state index in [0.29, 0.717) is 24.0 Å². The number of nitrogens with two attached hydrogens (primary N) is 3. The smallest absolute Gasteiger partial charge is 0.326 e. The van der Waals surface area contributed by atoms with E-state index in [4.69, 9.17) is 17.2 Å². The van der Waals surface area contributed by atoms with Crippen LogP contribution in [-0.4, -0.2) is 123 Å². The van der Waals surface area contributed by atoms with Crippen molar-refractivity contribution in [2.45, 2.75) is 94.4 Å². The molecule has 1 aliphatic carbocycles. The molecule has 2 aromatic carbocycles. The van der Waals surface area contributed by atoms with E-state index in [-0.39, 0.29) is 81.1 Å². The average molecular weight is 831 g/mol. The van der Waals surface area contributed by atoms with Crippen molar-refractivity contribution in [1.82, 2.24) is 25.8 Å². The molecule has 0 radical (unpaired) electrons. The second-order valence-corrected chi connectivity index (χ2v) is 14.8. The molecule has 2 heterocycles. The second kappa shape index (κ2) is 19.2. The van der Waals surface area contributed by atoms with E-state index in [1.807, 2.05) is 0 Å². The minimum Gasteiger partial charge on any atom is -0.480 e. The highest BCUT2D eigenvalue weighted by molar-refractivity contribution is 6.53. The molecule has 2 saturated heterocycles. The SMILES string of the molecule is NC(=O)CC[C@H](NC(=O)c1ccc2c(c1)-c1ccccc1C(=O)C2=O)C(=O)N[C@@H](CCC(N)=O)C(=O)N1CCC[C@H]1C(=O)N[C@@H](CCC(N)=O)C(=O)N1CCC[C@H]1C(=O)O. The second-order valence-electron chi connectivity index (χ2n) is 14.8. The molecular weight excluding hydrogens is 784 g/mol. The number of ketones is 2. The first-order valence-corrected chi connectivity index (χ1v) is 19.4. The van der Waals surface area contributed by atoms with E-state index >= 15 is 0 Å². The Kier molecular flexibility index (Phi) is 14.1. The number of rotatable bonds is 18. The molecule has 0 saturated carbocycles. The molecule has 0 unspecified atom stereocenters. The third-order valence-electron chi connectivity index (χ3n) is 10.7. The van der Waals surface area contributed by atoms with Crippen LogP contribution in [0.1, 0.15) is 95.3 Å². The number of benzene rings is 2. The van der Waals surface area contributed by atoms with Crippen LogP contribution in [0.15, 0.2) is 42.5 Å². The molecule has 10 N–H and O–H groups in total. The Morgan fingerprint density at radius 3 is 1.65 bits per heavy atom. The van der Waals surface area contributed by atoms with Gasteiger partial charge in [0.15, 0.2) is 0 Å². The van der Waals surface area contributed by atoms with Crippen molar-refractivity contribution >= 4 is 64.8 Å². The minimum absolute atomic E-state index is 0.00863. The van der Waals surface area contributed by atoms with Gasteiger partial charge in [0.25, 0.3) is 5.91 Å². The number of fused-ring (bicyclic) bond motifs is 3. The summed E-state index contributed by atoms with van der Waals surface area (Å²) in [6, 6.07) is 3.71. The highest BCUT2D eigenvalue weighted by Crippen LogP contribution is 2.34. The Morgan fingerprint density at radius 1 is 0.617 bits per heavy atom. The van der Waals surface area contributed by atoms with Gasteiger partial charge in [-0.25, -0.2) is 4.79 Å². The number of nitrogens with zero attached hydrogens (tertiary/aromatic N) is 2. The number of carboxylic acids is 1. The number of hydrogen-bond acceptors (Lipinski definition) is 11. The van der Waals surface area contributed by atoms with Crippen molar-refractivity contribution in [3.63, 3.8) is 0 Å². The van der Waals surface area contributed by atoms with Crippen LogP contribution in [0.2, 0.25) is 0 Å². The van der Waals surface area contributed by atoms with Gasteiger partial charge in [-0.05, 0) is 74.3 Å². The van der Waals surface area contributed by atoms with E-state index in [2.05, 4.69) is 16.0 Å². The average Bonchev–Trinajstić information content (AvgIpc) is 3.92. The number of Topliss-reactive ketones (excluding diaryl/α,β-unsaturated/α-hetero) is 2. The number of likely N-dealkylation sites (tertiary alicyclic amines) is 2. The summed E-state index contributed by atoms with van der Waals surface area (Å²) in [6.07, 6.45) is -0.927. The molecule has 0 spiro atoms. The lowest BCUT2D eigenvalue weighted by Crippen LogP contribution is -2.58. The highest BCUT2D eigenvalue weighted by Gasteiger charge is 2.42. The van der Waals surface area contributed by atoms with Crippen molar-refractivity contribution in [3.8, 4) is 11.1 Å². The van der Waals surface area contributed by atoms with Gasteiger partial charge in [-0.2, -0.15) is 0 Å². The quantitative estimate of drug-likeness (QED) is 0.0859. The molecular formula is C40H46N8O12. The summed E-state index contributed by atoms with van der Waals surface area (Å²) in [4.78, 5) is 144. The van der Waals surface area contributed by atoms with Crippen molar-refractivity contribution in [1.29, 1.82) is 0 Å². The lowest BCUT2D eigenvalue weighted by Gasteiger charge is -2.31. The Bertz CT molecular complexity index is 2140. The number of primary amides is 3. The number of nitrogens with one attached hydrogen (secondary N) is 3. The van der Waals surface area contributed by atoms with Gasteiger partial charge < -0.3 is 48.1 Å². The lowest BCUT2D eigenvalue weighted by atomic mass is 9.83. The third kappa shape index (κ3) is 10.2. The maximum atomic E-state index is 14.2. The Labute approximate surface area is 342 Å². The van der Waals surface area contributed by atoms with Crippen molar-refractivity contribution in [2.75, 3.05) is 13.1 Å². The molecule has 5 atom stereocenters. The number of carboxylic acid groups (broad SMARTS) is 1. The summed E-state index contributed by atoms with van der Waals surface area (Å²) in [5.41, 5.74) is 17.0. The Morgan fingerprint density at radius 2 is 1.10 bits per heavy atom. The van der Waals surface area contributed by atoms with E-state index in [9.17, 15) is 57.8 Å². The van der Waals surface area contributed by atoms with Gasteiger partial charge in [0.1, 0.15) is 30.2 Å². The highest BCUT2D eigenvalue weighted by atomic mass is 16.4. The molecule has 3 aliphatic rings. The van der Waals surface area contributed by atoms with Crippen molar-refractivity contribution < 1.29 is 57.8 Å². The summed E-state index contributed by atoms with van der Waals surface area (Å²) in [5, 5.41) is 17.2. The zero-order chi connectivity index (χ0) is 43.8. The molecule has 5 rings (SSSR count). The number of carbonyl (C=O) groups excluding carboxylic acids is 10. The predicted octanol–water partition coefficient (Wildman–Crippen LogP) is -1.34. The zero-order valence-corrected chi connectivity index (χ0v) is 32.5. The number of amides is 8. The van der Waals surface area contributed by atoms with E-state index in [1.54, 1.807) is 18.2 Å². The van der Waals surface area contributed by atoms with Crippen LogP contribution in [0.5, 0.6) is 0 Å². The van der Waals surface area contributed by atoms with Gasteiger partial charge >= 0.3 is 5.97 Å². The Hall–Kier alpha value is -6.99. The fraction of sp³-hybridized carbons (Fsp3) is 0.425. The van der Waals surface area contributed by atoms with Gasteiger partial charge in [0.05, 0.1) is 0 Å². The summed E-state index contributed by atoms with van der Waals surface area (Å²) < 4.78 is 0. The molecule has 2 aliphatic heterocycles. The molecule has 8 amide bonds. The van der Waals surface area contributed by atoms with Crippen molar-refractivity contribution in [3.05, 3.63) is 59.2 Å². The van der Waals surface area contributed by atoms with Crippen LogP contribution in [0.4, 0.5) is 0 Å². The standard InChI is InChI=1S/C40H46N8O12/c41-30(49)14-11-25(44-35(54)20-9-10-23-24(19-20)21-5-1-2-6-22(21)33(52)34(23)53)36(55)45-26(12-15-31(42)50)38(57)47-17-3-7-28(47)37(56)46-27(13-16-32(43)51)39(58)48-18-4-8-29(48)40(59)60/h1-2,5-6,9-10,19,25-29H,3-4,7-8,11-18H2,(H2,41,49)(H2,42,50)(H2,43,51)(H,44,54)(H,45,55)(H,46,56)(H,59,60)/t25-,26-,27-,28-,29-/m0/s1. The maximum absolute atomic E-state index is 14.2. The van der Waals surface area contributed by atoms with Gasteiger partial charge in [0.2, 0.25) is 52.9 Å². The molecule has 2 aromatic rings. The number of aliphatic carboxylic acids is 1. The number of carbonyl (C=O) groups is 11. The predicted molar refractivity (Wildman–Crippen MR) is 208 cm³/mol. The monoisotopic (exact) mass is 830 g/mol. The largest absolute Gasteiger partial charge is 0.480 e. The van der Waals surface area contributed by atoms with Crippen LogP contribution < -0.4 is 33.2 Å². The van der Waals surface area contributed by atoms with Gasteiger partial charge in [-0.15, -0.1) is 0 Å². The maximum Gasteiger partial charge on any atom is 0.326 e. The molecule has 0 aromatic heterocycles. The van der Waals surface area contributed by atoms with Crippen LogP contribution in [0.25, 0.3) is 11.1 Å². The van der Waals surface area contributed by atoms with E-state index in [1.165, 1.54) is 24.3 Å². The first-order chi connectivity index (χ1) is 28.5. The molecule has 20 nitrogen and oxygen atoms in total. The normalized spacial score (nSPS) is 18.3. The van der Waals surface area contributed by atoms with Crippen molar-refractivity contribution in [2.24, 2.45) is 17.2 Å². The first kappa shape index (κ1) is 44.1. The molecule has 20 heteroatoms. The van der Waals surface area contributed by atoms with Gasteiger partial charge in [-0.1, -0.05) is 24.3 Å². The summed E-state index contributed by atoms with van der Waals surface area (Å²) in [7, 11) is 0. The zero-order valence-electron chi connectivity index (χ0n) is 32.5. The molecule has 2 fully saturated rings. The molecule has 60 heavy (non-hydrogen) atoms. The van der Waals surface area contributed by atoms with Crippen LogP contribution >= 0.6 is 0 Å². The lowest BCUT2D eigenvalue weighted by molar-refractivity contribution is -0.150. The van der Waals surface area contributed by atoms with E-state index in [0.717, 1.165) is 9.80 Å². The van der Waals surface area contributed by atoms with Crippen LogP contribution in [-0.2, 0) is 38.4 Å². The summed E-state index contributed by atoms with van der Waals surface area (Å²) in [6.45, 7) is 0.129. The van der Waals surface area contributed by atoms with Crippen LogP contribution in [0, 0.1) is 0 Å². The number of hydrogen-bond donors (Lipinski definition) is 7. The van der Waals surface area contributed by atoms with Crippen LogP contribution in [0.3, 0.4) is 0 Å². The molecule has 318 valence electrons. The Balaban J connectivity index is 1.34. The summed E-state index contributed by atoms with van der Waals surface area (Å²) in [5.74, 6) is -9.17. The third-order valence-corrected chi connectivity index (χ3v) is 10.7. The minimum atomic E-state index is -1.48. The van der Waals surface area contributed by atoms with Gasteiger partial charge in [-0.3, -0.25) is 47.9 Å².